The molecule has 1 atom stereocenters. The minimum absolute atomic E-state index is 0.765. The van der Waals surface area contributed by atoms with Crippen LogP contribution in [0.25, 0.3) is 21.8 Å². The van der Waals surface area contributed by atoms with E-state index in [-0.39, 0.29) is 0 Å². The van der Waals surface area contributed by atoms with Crippen molar-refractivity contribution in [2.45, 2.75) is 6.10 Å². The van der Waals surface area contributed by atoms with E-state index in [1.54, 1.807) is 0 Å². The van der Waals surface area contributed by atoms with Gasteiger partial charge in [0.15, 0.2) is 0 Å². The molecule has 0 saturated carbocycles. The van der Waals surface area contributed by atoms with Gasteiger partial charge in [-0.15, -0.1) is 6.42 Å². The summed E-state index contributed by atoms with van der Waals surface area (Å²) in [6.45, 7) is 0. The number of aromatic nitrogens is 1. The molecule has 0 amide bonds. The average Bonchev–Trinajstić information content (AvgIpc) is 2.72. The lowest BCUT2D eigenvalue weighted by molar-refractivity contribution is 0.239. The molecule has 0 radical (unpaired) electrons. The smallest absolute Gasteiger partial charge is 0.140 e. The lowest BCUT2D eigenvalue weighted by Gasteiger charge is -2.04. The number of hydrogen-bond acceptors (Lipinski definition) is 1. The van der Waals surface area contributed by atoms with Gasteiger partial charge in [-0.25, -0.2) is 0 Å². The van der Waals surface area contributed by atoms with Gasteiger partial charge in [0.05, 0.1) is 0 Å². The van der Waals surface area contributed by atoms with Gasteiger partial charge in [-0.05, 0) is 23.8 Å². The first-order chi connectivity index (χ1) is 8.72. The van der Waals surface area contributed by atoms with Crippen molar-refractivity contribution in [2.24, 2.45) is 7.05 Å². The molecule has 1 heterocycles. The molecule has 88 valence electrons. The van der Waals surface area contributed by atoms with Crippen molar-refractivity contribution < 1.29 is 5.11 Å². The molecule has 1 aromatic heterocycles. The van der Waals surface area contributed by atoms with Gasteiger partial charge in [-0.3, -0.25) is 0 Å². The monoisotopic (exact) mass is 235 g/mol. The Labute approximate surface area is 105 Å². The van der Waals surface area contributed by atoms with Crippen molar-refractivity contribution in [3.8, 4) is 12.3 Å². The van der Waals surface area contributed by atoms with Crippen molar-refractivity contribution in [1.29, 1.82) is 0 Å². The molecular weight excluding hydrogens is 222 g/mol. The second-order valence-corrected chi connectivity index (χ2v) is 4.42. The highest BCUT2D eigenvalue weighted by atomic mass is 16.3. The van der Waals surface area contributed by atoms with Gasteiger partial charge in [0.25, 0.3) is 0 Å². The zero-order chi connectivity index (χ0) is 12.7. The Balaban J connectivity index is 2.41. The number of rotatable bonds is 1. The topological polar surface area (TPSA) is 25.2 Å². The third-order valence-electron chi connectivity index (χ3n) is 3.41. The van der Waals surface area contributed by atoms with Gasteiger partial charge in [0.2, 0.25) is 0 Å². The first-order valence-corrected chi connectivity index (χ1v) is 5.83. The zero-order valence-electron chi connectivity index (χ0n) is 10.1. The Morgan fingerprint density at radius 1 is 1.11 bits per heavy atom. The van der Waals surface area contributed by atoms with E-state index in [4.69, 9.17) is 6.42 Å². The third kappa shape index (κ3) is 1.42. The van der Waals surface area contributed by atoms with Crippen LogP contribution in [-0.4, -0.2) is 9.67 Å². The number of aryl methyl sites for hydroxylation is 1. The summed E-state index contributed by atoms with van der Waals surface area (Å²) in [7, 11) is 2.04. The molecule has 1 unspecified atom stereocenters. The highest BCUT2D eigenvalue weighted by Gasteiger charge is 2.10. The molecule has 0 spiro atoms. The number of nitrogens with zero attached hydrogens (tertiary/aromatic N) is 1. The van der Waals surface area contributed by atoms with Crippen LogP contribution in [-0.2, 0) is 7.05 Å². The van der Waals surface area contributed by atoms with Gasteiger partial charge in [-0.1, -0.05) is 30.2 Å². The molecule has 3 aromatic rings. The number of terminal acetylenes is 1. The fourth-order valence-corrected chi connectivity index (χ4v) is 2.45. The second-order valence-electron chi connectivity index (χ2n) is 4.42. The van der Waals surface area contributed by atoms with Crippen molar-refractivity contribution >= 4 is 21.8 Å². The number of aliphatic hydroxyl groups excluding tert-OH is 1. The van der Waals surface area contributed by atoms with Crippen LogP contribution in [0.5, 0.6) is 0 Å². The molecule has 1 N–H and O–H groups in total. The van der Waals surface area contributed by atoms with Gasteiger partial charge >= 0.3 is 0 Å². The summed E-state index contributed by atoms with van der Waals surface area (Å²) in [6, 6.07) is 14.1. The maximum atomic E-state index is 9.72. The Morgan fingerprint density at radius 2 is 1.83 bits per heavy atom. The summed E-state index contributed by atoms with van der Waals surface area (Å²) >= 11 is 0. The lowest BCUT2D eigenvalue weighted by atomic mass is 10.1. The van der Waals surface area contributed by atoms with Crippen LogP contribution < -0.4 is 0 Å². The Hall–Kier alpha value is -2.24. The van der Waals surface area contributed by atoms with Crippen molar-refractivity contribution in [1.82, 2.24) is 4.57 Å². The van der Waals surface area contributed by atoms with Crippen molar-refractivity contribution in [2.75, 3.05) is 0 Å². The quantitative estimate of drug-likeness (QED) is 0.644. The SMILES string of the molecule is C#CC(O)c1ccc2c(c1)c1ccccc1n2C. The molecule has 0 aliphatic rings. The van der Waals surface area contributed by atoms with Crippen molar-refractivity contribution in [3.63, 3.8) is 0 Å². The van der Waals surface area contributed by atoms with E-state index >= 15 is 0 Å². The van der Waals surface area contributed by atoms with Gasteiger partial charge in [0, 0.05) is 28.9 Å². The summed E-state index contributed by atoms with van der Waals surface area (Å²) in [6.07, 6.45) is 4.42. The average molecular weight is 235 g/mol. The Bertz CT molecular complexity index is 777. The van der Waals surface area contributed by atoms with E-state index in [0.717, 1.165) is 16.5 Å². The largest absolute Gasteiger partial charge is 0.376 e. The Morgan fingerprint density at radius 3 is 2.61 bits per heavy atom. The van der Waals surface area contributed by atoms with Gasteiger partial charge in [0.1, 0.15) is 6.10 Å². The fraction of sp³-hybridized carbons (Fsp3) is 0.125. The van der Waals surface area contributed by atoms with E-state index in [0.29, 0.717) is 0 Å². The number of fused-ring (bicyclic) bond motifs is 3. The van der Waals surface area contributed by atoms with Crippen LogP contribution in [0, 0.1) is 12.3 Å². The minimum Gasteiger partial charge on any atom is -0.376 e. The molecule has 0 saturated heterocycles. The molecule has 18 heavy (non-hydrogen) atoms. The van der Waals surface area contributed by atoms with Crippen LogP contribution in [0.3, 0.4) is 0 Å². The van der Waals surface area contributed by atoms with E-state index < -0.39 is 6.10 Å². The van der Waals surface area contributed by atoms with Crippen LogP contribution in [0.1, 0.15) is 11.7 Å². The molecule has 0 fully saturated rings. The van der Waals surface area contributed by atoms with Gasteiger partial charge < -0.3 is 9.67 Å². The maximum absolute atomic E-state index is 9.72. The summed E-state index contributed by atoms with van der Waals surface area (Å²) in [5.74, 6) is 2.35. The zero-order valence-corrected chi connectivity index (χ0v) is 10.1. The lowest BCUT2D eigenvalue weighted by Crippen LogP contribution is -1.93. The van der Waals surface area contributed by atoms with E-state index in [2.05, 4.69) is 22.6 Å². The fourth-order valence-electron chi connectivity index (χ4n) is 2.45. The third-order valence-corrected chi connectivity index (χ3v) is 3.41. The summed E-state index contributed by atoms with van der Waals surface area (Å²) < 4.78 is 2.15. The van der Waals surface area contributed by atoms with Crippen LogP contribution in [0.4, 0.5) is 0 Å². The Kier molecular flexibility index (Phi) is 2.36. The summed E-state index contributed by atoms with van der Waals surface area (Å²) in [5, 5.41) is 12.0. The van der Waals surface area contributed by atoms with E-state index in [1.807, 2.05) is 37.4 Å². The maximum Gasteiger partial charge on any atom is 0.140 e. The molecule has 2 heteroatoms. The molecule has 2 aromatic carbocycles. The number of benzene rings is 2. The standard InChI is InChI=1S/C16H13NO/c1-3-16(18)11-8-9-15-13(10-11)12-6-4-5-7-14(12)17(15)2/h1,4-10,16,18H,2H3. The van der Waals surface area contributed by atoms with E-state index in [9.17, 15) is 5.11 Å². The summed E-state index contributed by atoms with van der Waals surface area (Å²) in [5.41, 5.74) is 3.09. The first-order valence-electron chi connectivity index (χ1n) is 5.83. The number of aliphatic hydroxyl groups is 1. The van der Waals surface area contributed by atoms with Crippen LogP contribution in [0.15, 0.2) is 42.5 Å². The minimum atomic E-state index is -0.839. The van der Waals surface area contributed by atoms with Crippen LogP contribution >= 0.6 is 0 Å². The van der Waals surface area contributed by atoms with Crippen molar-refractivity contribution in [3.05, 3.63) is 48.0 Å². The highest BCUT2D eigenvalue weighted by molar-refractivity contribution is 6.08. The molecular formula is C16H13NO. The van der Waals surface area contributed by atoms with Crippen LogP contribution in [0.2, 0.25) is 0 Å². The summed E-state index contributed by atoms with van der Waals surface area (Å²) in [4.78, 5) is 0. The first kappa shape index (κ1) is 10.9. The molecule has 3 rings (SSSR count). The van der Waals surface area contributed by atoms with Gasteiger partial charge in [-0.2, -0.15) is 0 Å². The molecule has 0 bridgehead atoms. The number of hydrogen-bond donors (Lipinski definition) is 1. The normalized spacial score (nSPS) is 12.7. The molecule has 0 aliphatic heterocycles. The highest BCUT2D eigenvalue weighted by Crippen LogP contribution is 2.29. The number of para-hydroxylation sites is 1. The predicted octanol–water partition coefficient (Wildman–Crippen LogP) is 3.00. The predicted molar refractivity (Wildman–Crippen MR) is 74.2 cm³/mol. The molecule has 2 nitrogen and oxygen atoms in total. The molecule has 0 aliphatic carbocycles. The van der Waals surface area contributed by atoms with E-state index in [1.165, 1.54) is 10.9 Å². The second kappa shape index (κ2) is 3.90.